The number of anilines is 3. The topological polar surface area (TPSA) is 129 Å². The second-order valence-corrected chi connectivity index (χ2v) is 7.53. The number of fused-ring (bicyclic) bond motifs is 1. The highest BCUT2D eigenvalue weighted by atomic mass is 19.1. The normalized spacial score (nSPS) is 13.4. The van der Waals surface area contributed by atoms with Crippen molar-refractivity contribution in [3.63, 3.8) is 0 Å². The van der Waals surface area contributed by atoms with Crippen LogP contribution >= 0.6 is 0 Å². The van der Waals surface area contributed by atoms with Gasteiger partial charge in [0.2, 0.25) is 6.41 Å². The maximum absolute atomic E-state index is 14.2. The Kier molecular flexibility index (Phi) is 4.65. The SMILES string of the molecule is Nc1nc(-c2nn(Cc3ccccc3F)c3ncc(F)cc23)nc(N)c1N(C=O)C1CC1. The molecule has 5 rings (SSSR count). The first kappa shape index (κ1) is 19.8. The maximum Gasteiger partial charge on any atom is 0.214 e. The lowest BCUT2D eigenvalue weighted by Crippen LogP contribution is -2.26. The van der Waals surface area contributed by atoms with Gasteiger partial charge in [0.15, 0.2) is 23.1 Å². The van der Waals surface area contributed by atoms with Gasteiger partial charge in [0.05, 0.1) is 18.1 Å². The van der Waals surface area contributed by atoms with Crippen LogP contribution in [0.15, 0.2) is 36.5 Å². The largest absolute Gasteiger partial charge is 0.382 e. The van der Waals surface area contributed by atoms with Crippen LogP contribution in [0.2, 0.25) is 0 Å². The average Bonchev–Trinajstić information content (AvgIpc) is 3.54. The molecule has 0 bridgehead atoms. The summed E-state index contributed by atoms with van der Waals surface area (Å²) in [6, 6.07) is 7.53. The third-order valence-electron chi connectivity index (χ3n) is 5.29. The van der Waals surface area contributed by atoms with Crippen LogP contribution in [-0.4, -0.2) is 37.2 Å². The van der Waals surface area contributed by atoms with Crippen molar-refractivity contribution in [2.45, 2.75) is 25.4 Å². The Morgan fingerprint density at radius 3 is 2.53 bits per heavy atom. The van der Waals surface area contributed by atoms with E-state index in [4.69, 9.17) is 11.5 Å². The molecule has 1 fully saturated rings. The molecule has 1 saturated carbocycles. The minimum Gasteiger partial charge on any atom is -0.382 e. The Labute approximate surface area is 180 Å². The Hall–Kier alpha value is -4.15. The van der Waals surface area contributed by atoms with Gasteiger partial charge in [-0.05, 0) is 25.0 Å². The zero-order valence-corrected chi connectivity index (χ0v) is 16.7. The number of halogens is 2. The molecule has 11 heteroatoms. The molecule has 0 spiro atoms. The van der Waals surface area contributed by atoms with Gasteiger partial charge in [-0.3, -0.25) is 4.79 Å². The summed E-state index contributed by atoms with van der Waals surface area (Å²) >= 11 is 0. The number of amides is 1. The number of nitrogen functional groups attached to an aromatic ring is 2. The molecule has 9 nitrogen and oxygen atoms in total. The quantitative estimate of drug-likeness (QED) is 0.444. The summed E-state index contributed by atoms with van der Waals surface area (Å²) in [6.07, 6.45) is 3.39. The molecule has 0 saturated heterocycles. The molecule has 4 N–H and O–H groups in total. The number of carbonyl (C=O) groups excluding carboxylic acids is 1. The van der Waals surface area contributed by atoms with Crippen LogP contribution in [0.1, 0.15) is 18.4 Å². The number of carbonyl (C=O) groups is 1. The number of nitrogens with two attached hydrogens (primary N) is 2. The summed E-state index contributed by atoms with van der Waals surface area (Å²) in [7, 11) is 0. The van der Waals surface area contributed by atoms with Crippen molar-refractivity contribution in [3.05, 3.63) is 53.7 Å². The van der Waals surface area contributed by atoms with Crippen LogP contribution in [0.5, 0.6) is 0 Å². The lowest BCUT2D eigenvalue weighted by molar-refractivity contribution is -0.107. The zero-order chi connectivity index (χ0) is 22.4. The minimum absolute atomic E-state index is 0.00710. The molecule has 0 aliphatic heterocycles. The van der Waals surface area contributed by atoms with E-state index < -0.39 is 11.6 Å². The standard InChI is InChI=1S/C21H18F2N8O/c22-12-7-14-16(20-27-18(24)17(19(25)28-20)30(10-32)13-5-6-13)29-31(21(14)26-8-12)9-11-3-1-2-4-15(11)23/h1-4,7-8,10,13H,5-6,9H2,(H4,24,25,27,28). The molecule has 3 aromatic heterocycles. The molecule has 32 heavy (non-hydrogen) atoms. The minimum atomic E-state index is -0.581. The first-order chi connectivity index (χ1) is 15.5. The fourth-order valence-corrected chi connectivity index (χ4v) is 3.63. The predicted octanol–water partition coefficient (Wildman–Crippen LogP) is 2.50. The van der Waals surface area contributed by atoms with Crippen LogP contribution < -0.4 is 16.4 Å². The van der Waals surface area contributed by atoms with E-state index in [1.165, 1.54) is 21.7 Å². The fraction of sp³-hybridized carbons (Fsp3) is 0.190. The molecule has 162 valence electrons. The smallest absolute Gasteiger partial charge is 0.214 e. The van der Waals surface area contributed by atoms with Gasteiger partial charge < -0.3 is 16.4 Å². The highest BCUT2D eigenvalue weighted by Crippen LogP contribution is 2.37. The summed E-state index contributed by atoms with van der Waals surface area (Å²) < 4.78 is 29.6. The molecular weight excluding hydrogens is 418 g/mol. The second kappa shape index (κ2) is 7.52. The van der Waals surface area contributed by atoms with Crippen molar-refractivity contribution in [3.8, 4) is 11.5 Å². The van der Waals surface area contributed by atoms with Gasteiger partial charge in [-0.1, -0.05) is 18.2 Å². The van der Waals surface area contributed by atoms with Gasteiger partial charge in [0, 0.05) is 11.6 Å². The molecule has 4 aromatic rings. The number of hydrogen-bond donors (Lipinski definition) is 2. The van der Waals surface area contributed by atoms with E-state index in [0.29, 0.717) is 23.0 Å². The van der Waals surface area contributed by atoms with E-state index in [1.807, 2.05) is 0 Å². The van der Waals surface area contributed by atoms with E-state index >= 15 is 0 Å². The first-order valence-electron chi connectivity index (χ1n) is 9.88. The molecule has 0 atom stereocenters. The van der Waals surface area contributed by atoms with Gasteiger partial charge in [-0.15, -0.1) is 0 Å². The highest BCUT2D eigenvalue weighted by Gasteiger charge is 2.33. The molecular formula is C21H18F2N8O. The highest BCUT2D eigenvalue weighted by molar-refractivity contribution is 5.93. The van der Waals surface area contributed by atoms with Crippen LogP contribution in [0.3, 0.4) is 0 Å². The Bertz CT molecular complexity index is 1330. The van der Waals surface area contributed by atoms with Crippen LogP contribution in [0.4, 0.5) is 26.1 Å². The molecule has 0 radical (unpaired) electrons. The Morgan fingerprint density at radius 1 is 1.16 bits per heavy atom. The van der Waals surface area contributed by atoms with Gasteiger partial charge in [-0.2, -0.15) is 5.10 Å². The van der Waals surface area contributed by atoms with Crippen molar-refractivity contribution in [2.75, 3.05) is 16.4 Å². The maximum atomic E-state index is 14.2. The predicted molar refractivity (Wildman–Crippen MR) is 114 cm³/mol. The lowest BCUT2D eigenvalue weighted by atomic mass is 10.2. The summed E-state index contributed by atoms with van der Waals surface area (Å²) in [4.78, 5) is 25.6. The summed E-state index contributed by atoms with van der Waals surface area (Å²) in [6.45, 7) is 0.0610. The Morgan fingerprint density at radius 2 is 1.88 bits per heavy atom. The number of aromatic nitrogens is 5. The van der Waals surface area contributed by atoms with Gasteiger partial charge in [0.1, 0.15) is 23.0 Å². The fourth-order valence-electron chi connectivity index (χ4n) is 3.63. The number of rotatable bonds is 6. The van der Waals surface area contributed by atoms with Gasteiger partial charge in [-0.25, -0.2) is 28.4 Å². The first-order valence-corrected chi connectivity index (χ1v) is 9.88. The van der Waals surface area contributed by atoms with Gasteiger partial charge >= 0.3 is 0 Å². The molecule has 1 aliphatic rings. The van der Waals surface area contributed by atoms with E-state index in [1.54, 1.807) is 18.2 Å². The van der Waals surface area contributed by atoms with E-state index in [9.17, 15) is 13.6 Å². The average molecular weight is 436 g/mol. The van der Waals surface area contributed by atoms with Crippen molar-refractivity contribution >= 4 is 34.8 Å². The second-order valence-electron chi connectivity index (χ2n) is 7.53. The lowest BCUT2D eigenvalue weighted by Gasteiger charge is -2.19. The molecule has 0 unspecified atom stereocenters. The third-order valence-corrected chi connectivity index (χ3v) is 5.29. The third kappa shape index (κ3) is 3.37. The van der Waals surface area contributed by atoms with E-state index in [-0.39, 0.29) is 41.4 Å². The van der Waals surface area contributed by atoms with Crippen molar-refractivity contribution < 1.29 is 13.6 Å². The number of benzene rings is 1. The molecule has 1 aliphatic carbocycles. The summed E-state index contributed by atoms with van der Waals surface area (Å²) in [5.41, 5.74) is 13.4. The molecule has 1 aromatic carbocycles. The Balaban J connectivity index is 1.63. The van der Waals surface area contributed by atoms with Crippen molar-refractivity contribution in [1.82, 2.24) is 24.7 Å². The summed E-state index contributed by atoms with van der Waals surface area (Å²) in [5, 5.41) is 4.78. The van der Waals surface area contributed by atoms with Crippen molar-refractivity contribution in [2.24, 2.45) is 0 Å². The molecule has 1 amide bonds. The van der Waals surface area contributed by atoms with E-state index in [0.717, 1.165) is 19.0 Å². The number of hydrogen-bond acceptors (Lipinski definition) is 7. The number of nitrogens with zero attached hydrogens (tertiary/aromatic N) is 6. The van der Waals surface area contributed by atoms with Gasteiger partial charge in [0.25, 0.3) is 0 Å². The van der Waals surface area contributed by atoms with Crippen LogP contribution in [0, 0.1) is 11.6 Å². The number of pyridine rings is 1. The van der Waals surface area contributed by atoms with Crippen LogP contribution in [0.25, 0.3) is 22.6 Å². The van der Waals surface area contributed by atoms with E-state index in [2.05, 4.69) is 20.1 Å². The molecule has 3 heterocycles. The van der Waals surface area contributed by atoms with Crippen LogP contribution in [-0.2, 0) is 11.3 Å². The van der Waals surface area contributed by atoms with Crippen molar-refractivity contribution in [1.29, 1.82) is 0 Å². The summed E-state index contributed by atoms with van der Waals surface area (Å²) in [5.74, 6) is -0.916. The monoisotopic (exact) mass is 436 g/mol. The zero-order valence-electron chi connectivity index (χ0n) is 16.7.